The van der Waals surface area contributed by atoms with Crippen molar-refractivity contribution in [2.24, 2.45) is 17.8 Å². The molecular formula is C36H46O4Si. The van der Waals surface area contributed by atoms with Gasteiger partial charge in [0.2, 0.25) is 0 Å². The van der Waals surface area contributed by atoms with E-state index in [9.17, 15) is 4.79 Å². The number of ketones is 1. The maximum absolute atomic E-state index is 13.1. The highest BCUT2D eigenvalue weighted by molar-refractivity contribution is 6.99. The second kappa shape index (κ2) is 12.7. The van der Waals surface area contributed by atoms with E-state index in [0.29, 0.717) is 37.8 Å². The number of carbonyl (C=O) groups is 1. The summed E-state index contributed by atoms with van der Waals surface area (Å²) in [6.07, 6.45) is 1.80. The summed E-state index contributed by atoms with van der Waals surface area (Å²) in [6.45, 7) is 12.4. The molecule has 0 bridgehead atoms. The molecule has 1 aliphatic heterocycles. The predicted molar refractivity (Wildman–Crippen MR) is 168 cm³/mol. The van der Waals surface area contributed by atoms with Crippen molar-refractivity contribution in [3.05, 3.63) is 96.6 Å². The summed E-state index contributed by atoms with van der Waals surface area (Å²) >= 11 is 0. The molecule has 5 heteroatoms. The highest BCUT2D eigenvalue weighted by Crippen LogP contribution is 2.43. The quantitative estimate of drug-likeness (QED) is 0.245. The van der Waals surface area contributed by atoms with Crippen molar-refractivity contribution in [3.63, 3.8) is 0 Å². The van der Waals surface area contributed by atoms with E-state index in [2.05, 4.69) is 107 Å². The zero-order valence-electron chi connectivity index (χ0n) is 25.3. The van der Waals surface area contributed by atoms with Crippen LogP contribution in [0.1, 0.15) is 59.4 Å². The summed E-state index contributed by atoms with van der Waals surface area (Å²) in [4.78, 5) is 13.1. The molecule has 0 N–H and O–H groups in total. The van der Waals surface area contributed by atoms with E-state index in [1.165, 1.54) is 10.4 Å². The summed E-state index contributed by atoms with van der Waals surface area (Å²) < 4.78 is 20.5. The van der Waals surface area contributed by atoms with Gasteiger partial charge in [0.25, 0.3) is 8.32 Å². The minimum atomic E-state index is -2.76. The Hall–Kier alpha value is -2.57. The lowest BCUT2D eigenvalue weighted by atomic mass is 9.88. The molecular weight excluding hydrogens is 524 g/mol. The number of carbonyl (C=O) groups excluding carboxylic acids is 1. The van der Waals surface area contributed by atoms with Crippen LogP contribution in [0.2, 0.25) is 5.04 Å². The van der Waals surface area contributed by atoms with Gasteiger partial charge in [-0.15, -0.1) is 0 Å². The molecule has 1 saturated heterocycles. The van der Waals surface area contributed by atoms with Gasteiger partial charge in [0.15, 0.2) is 0 Å². The van der Waals surface area contributed by atoms with Crippen LogP contribution in [0.5, 0.6) is 0 Å². The molecule has 2 aliphatic rings. The van der Waals surface area contributed by atoms with E-state index in [1.807, 2.05) is 18.2 Å². The maximum Gasteiger partial charge on any atom is 0.261 e. The summed E-state index contributed by atoms with van der Waals surface area (Å²) in [5.41, 5.74) is 1.14. The summed E-state index contributed by atoms with van der Waals surface area (Å²) in [7, 11) is -2.76. The standard InChI is InChI=1S/C36H46O4Si/c1-26-21-32(26)33(37)22-29-23-34(27(2)35(39-29)25-38-24-28-15-9-6-10-16-28)40-41(36(3,4)5,30-17-11-7-12-18-30)31-19-13-8-14-20-31/h6-20,26-27,29,32,34-35H,21-25H2,1-5H3/t26-,27-,29-,32-,34+,35+/m1/s1. The highest BCUT2D eigenvalue weighted by atomic mass is 28.4. The van der Waals surface area contributed by atoms with Gasteiger partial charge in [-0.2, -0.15) is 0 Å². The molecule has 5 rings (SSSR count). The normalized spacial score (nSPS) is 26.5. The van der Waals surface area contributed by atoms with E-state index in [4.69, 9.17) is 13.9 Å². The van der Waals surface area contributed by atoms with Gasteiger partial charge in [-0.25, -0.2) is 0 Å². The first-order chi connectivity index (χ1) is 19.7. The van der Waals surface area contributed by atoms with Crippen LogP contribution >= 0.6 is 0 Å². The smallest absolute Gasteiger partial charge is 0.261 e. The lowest BCUT2D eigenvalue weighted by Crippen LogP contribution is -2.69. The predicted octanol–water partition coefficient (Wildman–Crippen LogP) is 6.56. The molecule has 41 heavy (non-hydrogen) atoms. The average molecular weight is 571 g/mol. The van der Waals surface area contributed by atoms with E-state index >= 15 is 0 Å². The first kappa shape index (κ1) is 29.9. The molecule has 0 aromatic heterocycles. The Labute approximate surface area is 247 Å². The van der Waals surface area contributed by atoms with Crippen LogP contribution in [0, 0.1) is 17.8 Å². The van der Waals surface area contributed by atoms with Gasteiger partial charge in [-0.3, -0.25) is 4.79 Å². The number of Topliss-reactive ketones (excluding diaryl/α,β-unsaturated/α-hetero) is 1. The Bertz CT molecular complexity index is 1220. The van der Waals surface area contributed by atoms with Gasteiger partial charge in [0, 0.05) is 18.3 Å². The zero-order valence-corrected chi connectivity index (χ0v) is 26.3. The van der Waals surface area contributed by atoms with Crippen LogP contribution in [0.15, 0.2) is 91.0 Å². The molecule has 2 fully saturated rings. The zero-order chi connectivity index (χ0) is 29.0. The van der Waals surface area contributed by atoms with Crippen LogP contribution in [0.25, 0.3) is 0 Å². The van der Waals surface area contributed by atoms with Gasteiger partial charge in [-0.1, -0.05) is 126 Å². The van der Waals surface area contributed by atoms with E-state index in [1.54, 1.807) is 0 Å². The fourth-order valence-corrected chi connectivity index (χ4v) is 11.3. The molecule has 1 aliphatic carbocycles. The number of hydrogen-bond acceptors (Lipinski definition) is 4. The third kappa shape index (κ3) is 6.75. The van der Waals surface area contributed by atoms with Gasteiger partial charge in [0.1, 0.15) is 5.78 Å². The van der Waals surface area contributed by atoms with Gasteiger partial charge < -0.3 is 13.9 Å². The SMILES string of the molecule is C[C@H]1[C@H](COCc2ccccc2)O[C@H](CC(=O)[C@@H]2C[C@H]2C)C[C@@H]1O[Si](c1ccccc1)(c1ccccc1)C(C)(C)C. The van der Waals surface area contributed by atoms with Crippen molar-refractivity contribution in [1.29, 1.82) is 0 Å². The second-order valence-corrected chi connectivity index (χ2v) is 17.5. The summed E-state index contributed by atoms with van der Waals surface area (Å²) in [6, 6.07) is 31.9. The van der Waals surface area contributed by atoms with Gasteiger partial charge in [0.05, 0.1) is 31.5 Å². The third-order valence-corrected chi connectivity index (χ3v) is 14.2. The van der Waals surface area contributed by atoms with E-state index in [0.717, 1.165) is 12.0 Å². The number of benzene rings is 3. The maximum atomic E-state index is 13.1. The first-order valence-electron chi connectivity index (χ1n) is 15.3. The van der Waals surface area contributed by atoms with E-state index < -0.39 is 8.32 Å². The minimum Gasteiger partial charge on any atom is -0.404 e. The highest BCUT2D eigenvalue weighted by Gasteiger charge is 2.53. The van der Waals surface area contributed by atoms with Crippen molar-refractivity contribution in [2.75, 3.05) is 6.61 Å². The molecule has 3 aromatic carbocycles. The Morgan fingerprint density at radius 3 is 1.90 bits per heavy atom. The van der Waals surface area contributed by atoms with Gasteiger partial charge >= 0.3 is 0 Å². The third-order valence-electron chi connectivity index (χ3n) is 9.13. The lowest BCUT2D eigenvalue weighted by Gasteiger charge is -2.49. The Morgan fingerprint density at radius 2 is 1.39 bits per heavy atom. The Kier molecular flexibility index (Phi) is 9.29. The molecule has 0 spiro atoms. The Morgan fingerprint density at radius 1 is 0.854 bits per heavy atom. The van der Waals surface area contributed by atoms with Gasteiger partial charge in [-0.05, 0) is 39.7 Å². The fraction of sp³-hybridized carbons (Fsp3) is 0.472. The minimum absolute atomic E-state index is 0.0604. The second-order valence-electron chi connectivity index (χ2n) is 13.2. The average Bonchev–Trinajstić information content (AvgIpc) is 3.71. The molecule has 1 saturated carbocycles. The van der Waals surface area contributed by atoms with Crippen LogP contribution in [0.4, 0.5) is 0 Å². The Balaban J connectivity index is 1.45. The molecule has 1 heterocycles. The van der Waals surface area contributed by atoms with Crippen molar-refractivity contribution < 1.29 is 18.7 Å². The molecule has 0 amide bonds. The monoisotopic (exact) mass is 570 g/mol. The summed E-state index contributed by atoms with van der Waals surface area (Å²) in [5.74, 6) is 1.14. The fourth-order valence-electron chi connectivity index (χ4n) is 6.55. The first-order valence-corrected chi connectivity index (χ1v) is 17.2. The van der Waals surface area contributed by atoms with Crippen molar-refractivity contribution in [2.45, 2.75) is 83.8 Å². The molecule has 0 unspecified atom stereocenters. The molecule has 3 aromatic rings. The van der Waals surface area contributed by atoms with Crippen LogP contribution in [-0.4, -0.2) is 39.0 Å². The van der Waals surface area contributed by atoms with Crippen LogP contribution in [-0.2, 0) is 25.3 Å². The van der Waals surface area contributed by atoms with Crippen molar-refractivity contribution >= 4 is 24.5 Å². The van der Waals surface area contributed by atoms with Crippen molar-refractivity contribution in [3.8, 4) is 0 Å². The molecule has 6 atom stereocenters. The van der Waals surface area contributed by atoms with Crippen LogP contribution < -0.4 is 10.4 Å². The molecule has 4 nitrogen and oxygen atoms in total. The largest absolute Gasteiger partial charge is 0.404 e. The van der Waals surface area contributed by atoms with Crippen LogP contribution in [0.3, 0.4) is 0 Å². The topological polar surface area (TPSA) is 44.8 Å². The number of ether oxygens (including phenoxy) is 2. The lowest BCUT2D eigenvalue weighted by molar-refractivity contribution is -0.157. The molecule has 0 radical (unpaired) electrons. The van der Waals surface area contributed by atoms with Crippen molar-refractivity contribution in [1.82, 2.24) is 0 Å². The number of hydrogen-bond donors (Lipinski definition) is 0. The number of rotatable bonds is 11. The summed E-state index contributed by atoms with van der Waals surface area (Å²) in [5, 5.41) is 2.42. The van der Waals surface area contributed by atoms with E-state index in [-0.39, 0.29) is 35.2 Å². The molecule has 218 valence electrons.